The zero-order valence-electron chi connectivity index (χ0n) is 11.9. The van der Waals surface area contributed by atoms with Crippen LogP contribution in [0.25, 0.3) is 0 Å². The van der Waals surface area contributed by atoms with Crippen LogP contribution in [0, 0.1) is 0 Å². The Morgan fingerprint density at radius 3 is 2.28 bits per heavy atom. The predicted octanol–water partition coefficient (Wildman–Crippen LogP) is 3.23. The summed E-state index contributed by atoms with van der Waals surface area (Å²) in [6.45, 7) is 8.32. The molecule has 18 heavy (non-hydrogen) atoms. The molecule has 0 spiro atoms. The maximum atomic E-state index is 5.70. The molecule has 102 valence electrons. The van der Waals surface area contributed by atoms with Gasteiger partial charge >= 0.3 is 0 Å². The van der Waals surface area contributed by atoms with Crippen LogP contribution < -0.4 is 10.1 Å². The van der Waals surface area contributed by atoms with Gasteiger partial charge in [0.25, 0.3) is 0 Å². The number of likely N-dealkylation sites (tertiary alicyclic amines) is 1. The third-order valence-electron chi connectivity index (χ3n) is 3.02. The molecule has 3 nitrogen and oxygen atoms in total. The van der Waals surface area contributed by atoms with E-state index >= 15 is 0 Å². The maximum Gasteiger partial charge on any atom is 0.119 e. The van der Waals surface area contributed by atoms with E-state index in [2.05, 4.69) is 10.2 Å². The predicted molar refractivity (Wildman–Crippen MR) is 78.5 cm³/mol. The monoisotopic (exact) mass is 250 g/mol. The van der Waals surface area contributed by atoms with E-state index in [4.69, 9.17) is 4.74 Å². The van der Waals surface area contributed by atoms with Gasteiger partial charge in [0.15, 0.2) is 0 Å². The summed E-state index contributed by atoms with van der Waals surface area (Å²) in [4.78, 5) is 2.46. The molecule has 0 saturated carbocycles. The first-order chi connectivity index (χ1) is 8.88. The van der Waals surface area contributed by atoms with Crippen molar-refractivity contribution in [1.29, 1.82) is 0 Å². The van der Waals surface area contributed by atoms with Gasteiger partial charge in [0, 0.05) is 19.3 Å². The lowest BCUT2D eigenvalue weighted by Crippen LogP contribution is -2.25. The van der Waals surface area contributed by atoms with Gasteiger partial charge in [-0.25, -0.2) is 0 Å². The van der Waals surface area contributed by atoms with Crippen molar-refractivity contribution in [2.24, 2.45) is 0 Å². The molecule has 0 bridgehead atoms. The van der Waals surface area contributed by atoms with Crippen molar-refractivity contribution in [1.82, 2.24) is 4.90 Å². The summed E-state index contributed by atoms with van der Waals surface area (Å²) in [7, 11) is 1.92. The van der Waals surface area contributed by atoms with E-state index in [0.29, 0.717) is 0 Å². The number of nitrogens with one attached hydrogen (secondary N) is 1. The van der Waals surface area contributed by atoms with Crippen molar-refractivity contribution in [2.75, 3.05) is 38.6 Å². The summed E-state index contributed by atoms with van der Waals surface area (Å²) in [5.74, 6) is 0.957. The normalized spacial score (nSPS) is 14.8. The molecule has 1 aromatic carbocycles. The summed E-state index contributed by atoms with van der Waals surface area (Å²) in [5, 5.41) is 3.09. The lowest BCUT2D eigenvalue weighted by Gasteiger charge is -2.14. The first-order valence-electron chi connectivity index (χ1n) is 7.01. The molecule has 1 heterocycles. The van der Waals surface area contributed by atoms with Gasteiger partial charge in [-0.2, -0.15) is 0 Å². The second-order valence-electron chi connectivity index (χ2n) is 4.17. The van der Waals surface area contributed by atoms with Crippen LogP contribution in [0.15, 0.2) is 24.3 Å². The maximum absolute atomic E-state index is 5.70. The van der Waals surface area contributed by atoms with Crippen molar-refractivity contribution in [3.8, 4) is 5.75 Å². The molecular weight excluding hydrogens is 224 g/mol. The average Bonchev–Trinajstić information content (AvgIpc) is 2.95. The van der Waals surface area contributed by atoms with Crippen molar-refractivity contribution < 1.29 is 4.74 Å². The molecule has 0 amide bonds. The third kappa shape index (κ3) is 4.96. The van der Waals surface area contributed by atoms with Crippen LogP contribution in [0.2, 0.25) is 0 Å². The molecule has 2 rings (SSSR count). The van der Waals surface area contributed by atoms with Crippen LogP contribution >= 0.6 is 0 Å². The van der Waals surface area contributed by atoms with Gasteiger partial charge in [0.1, 0.15) is 12.4 Å². The molecule has 1 saturated heterocycles. The van der Waals surface area contributed by atoms with Crippen LogP contribution in [0.3, 0.4) is 0 Å². The minimum absolute atomic E-state index is 0.791. The van der Waals surface area contributed by atoms with Gasteiger partial charge < -0.3 is 10.1 Å². The Bertz CT molecular complexity index is 305. The number of anilines is 1. The highest BCUT2D eigenvalue weighted by Gasteiger charge is 2.10. The molecule has 1 N–H and O–H groups in total. The fourth-order valence-electron chi connectivity index (χ4n) is 2.02. The molecule has 0 radical (unpaired) electrons. The lowest BCUT2D eigenvalue weighted by molar-refractivity contribution is 0.238. The lowest BCUT2D eigenvalue weighted by atomic mass is 10.3. The number of rotatable bonds is 5. The summed E-state index contributed by atoms with van der Waals surface area (Å²) in [6.07, 6.45) is 2.69. The van der Waals surface area contributed by atoms with Crippen LogP contribution in [0.5, 0.6) is 5.75 Å². The highest BCUT2D eigenvalue weighted by molar-refractivity contribution is 5.45. The second-order valence-corrected chi connectivity index (χ2v) is 4.17. The molecular formula is C15H26N2O. The van der Waals surface area contributed by atoms with Crippen LogP contribution in [0.4, 0.5) is 5.69 Å². The highest BCUT2D eigenvalue weighted by atomic mass is 16.5. The number of nitrogens with zero attached hydrogens (tertiary/aromatic N) is 1. The molecule has 0 aromatic heterocycles. The van der Waals surface area contributed by atoms with E-state index in [-0.39, 0.29) is 0 Å². The molecule has 0 aliphatic carbocycles. The zero-order valence-corrected chi connectivity index (χ0v) is 11.9. The third-order valence-corrected chi connectivity index (χ3v) is 3.02. The Morgan fingerprint density at radius 1 is 1.11 bits per heavy atom. The fourth-order valence-corrected chi connectivity index (χ4v) is 2.02. The molecule has 0 unspecified atom stereocenters. The minimum Gasteiger partial charge on any atom is -0.492 e. The van der Waals surface area contributed by atoms with Gasteiger partial charge in [0.2, 0.25) is 0 Å². The molecule has 1 aromatic rings. The molecule has 3 heteroatoms. The van der Waals surface area contributed by atoms with Crippen LogP contribution in [-0.4, -0.2) is 38.2 Å². The fraction of sp³-hybridized carbons (Fsp3) is 0.600. The minimum atomic E-state index is 0.791. The second kappa shape index (κ2) is 8.81. The highest BCUT2D eigenvalue weighted by Crippen LogP contribution is 2.15. The van der Waals surface area contributed by atoms with Crippen LogP contribution in [-0.2, 0) is 0 Å². The Balaban J connectivity index is 0.000000771. The average molecular weight is 250 g/mol. The van der Waals surface area contributed by atoms with Crippen LogP contribution in [0.1, 0.15) is 26.7 Å². The summed E-state index contributed by atoms with van der Waals surface area (Å²) in [6, 6.07) is 8.09. The van der Waals surface area contributed by atoms with E-state index in [1.54, 1.807) is 0 Å². The summed E-state index contributed by atoms with van der Waals surface area (Å²) >= 11 is 0. The number of hydrogen-bond acceptors (Lipinski definition) is 3. The molecule has 1 aliphatic rings. The quantitative estimate of drug-likeness (QED) is 0.868. The van der Waals surface area contributed by atoms with Crippen molar-refractivity contribution in [2.45, 2.75) is 26.7 Å². The van der Waals surface area contributed by atoms with E-state index in [0.717, 1.165) is 24.6 Å². The topological polar surface area (TPSA) is 24.5 Å². The number of hydrogen-bond donors (Lipinski definition) is 1. The Morgan fingerprint density at radius 2 is 1.72 bits per heavy atom. The van der Waals surface area contributed by atoms with Gasteiger partial charge in [-0.15, -0.1) is 0 Å². The van der Waals surface area contributed by atoms with E-state index in [9.17, 15) is 0 Å². The van der Waals surface area contributed by atoms with E-state index in [1.807, 2.05) is 45.2 Å². The van der Waals surface area contributed by atoms with Crippen molar-refractivity contribution >= 4 is 5.69 Å². The van der Waals surface area contributed by atoms with Gasteiger partial charge in [-0.05, 0) is 50.2 Å². The standard InChI is InChI=1S/C13H20N2O.C2H6/c1-14-12-4-6-13(7-5-12)16-11-10-15-8-2-3-9-15;1-2/h4-7,14H,2-3,8-11H2,1H3;1-2H3. The van der Waals surface area contributed by atoms with E-state index in [1.165, 1.54) is 25.9 Å². The van der Waals surface area contributed by atoms with Crippen molar-refractivity contribution in [3.63, 3.8) is 0 Å². The summed E-state index contributed by atoms with van der Waals surface area (Å²) in [5.41, 5.74) is 1.12. The van der Waals surface area contributed by atoms with Crippen molar-refractivity contribution in [3.05, 3.63) is 24.3 Å². The molecule has 0 atom stereocenters. The largest absolute Gasteiger partial charge is 0.492 e. The Hall–Kier alpha value is -1.22. The van der Waals surface area contributed by atoms with Gasteiger partial charge in [-0.1, -0.05) is 13.8 Å². The first kappa shape index (κ1) is 14.8. The first-order valence-corrected chi connectivity index (χ1v) is 7.01. The number of benzene rings is 1. The molecule has 1 fully saturated rings. The SMILES string of the molecule is CC.CNc1ccc(OCCN2CCCC2)cc1. The number of ether oxygens (including phenoxy) is 1. The van der Waals surface area contributed by atoms with E-state index < -0.39 is 0 Å². The zero-order chi connectivity index (χ0) is 13.2. The smallest absolute Gasteiger partial charge is 0.119 e. The molecule has 1 aliphatic heterocycles. The van der Waals surface area contributed by atoms with Gasteiger partial charge in [0.05, 0.1) is 0 Å². The Labute approximate surface area is 111 Å². The van der Waals surface area contributed by atoms with Gasteiger partial charge in [-0.3, -0.25) is 4.90 Å². The Kier molecular flexibility index (Phi) is 7.26. The summed E-state index contributed by atoms with van der Waals surface area (Å²) < 4.78 is 5.70.